The number of anilines is 1. The summed E-state index contributed by atoms with van der Waals surface area (Å²) in [6, 6.07) is 7.24. The predicted molar refractivity (Wildman–Crippen MR) is 101 cm³/mol. The summed E-state index contributed by atoms with van der Waals surface area (Å²) in [5.41, 5.74) is 1.24. The van der Waals surface area contributed by atoms with Crippen LogP contribution in [0.15, 0.2) is 36.7 Å². The second-order valence-corrected chi connectivity index (χ2v) is 7.79. The van der Waals surface area contributed by atoms with Crippen molar-refractivity contribution in [1.29, 1.82) is 0 Å². The zero-order chi connectivity index (χ0) is 18.9. The smallest absolute Gasteiger partial charge is 0.247 e. The van der Waals surface area contributed by atoms with E-state index in [1.165, 1.54) is 0 Å². The topological polar surface area (TPSA) is 67.2 Å². The Balaban J connectivity index is 1.70. The molecule has 1 aromatic carbocycles. The third-order valence-electron chi connectivity index (χ3n) is 4.70. The van der Waals surface area contributed by atoms with Crippen LogP contribution in [0.5, 0.6) is 0 Å². The Labute approximate surface area is 154 Å². The number of carbonyl (C=O) groups excluding carboxylic acids is 2. The van der Waals surface area contributed by atoms with Crippen LogP contribution in [0.2, 0.25) is 0 Å². The lowest BCUT2D eigenvalue weighted by molar-refractivity contribution is -0.143. The van der Waals surface area contributed by atoms with Gasteiger partial charge in [0.25, 0.3) is 0 Å². The van der Waals surface area contributed by atoms with E-state index >= 15 is 0 Å². The Kier molecular flexibility index (Phi) is 4.85. The lowest BCUT2D eigenvalue weighted by atomic mass is 9.94. The highest BCUT2D eigenvalue weighted by atomic mass is 16.2. The fourth-order valence-electron chi connectivity index (χ4n) is 3.29. The first-order valence-electron chi connectivity index (χ1n) is 9.00. The Morgan fingerprint density at radius 1 is 1.19 bits per heavy atom. The van der Waals surface area contributed by atoms with Crippen LogP contribution in [0.1, 0.15) is 39.4 Å². The van der Waals surface area contributed by atoms with Crippen LogP contribution >= 0.6 is 0 Å². The van der Waals surface area contributed by atoms with Gasteiger partial charge in [0.2, 0.25) is 11.8 Å². The molecule has 0 saturated carbocycles. The fraction of sp³-hybridized carbons (Fsp3) is 0.450. The van der Waals surface area contributed by atoms with E-state index in [9.17, 15) is 9.59 Å². The molecule has 0 aliphatic carbocycles. The van der Waals surface area contributed by atoms with Crippen LogP contribution in [0, 0.1) is 12.3 Å². The van der Waals surface area contributed by atoms with Crippen LogP contribution < -0.4 is 5.32 Å². The van der Waals surface area contributed by atoms with Gasteiger partial charge in [-0.15, -0.1) is 0 Å². The van der Waals surface area contributed by atoms with Gasteiger partial charge >= 0.3 is 0 Å². The summed E-state index contributed by atoms with van der Waals surface area (Å²) in [6.07, 6.45) is 5.22. The average Bonchev–Trinajstić information content (AvgIpc) is 3.23. The third kappa shape index (κ3) is 3.64. The van der Waals surface area contributed by atoms with Crippen molar-refractivity contribution < 1.29 is 9.59 Å². The largest absolute Gasteiger partial charge is 0.330 e. The molecule has 6 nitrogen and oxygen atoms in total. The Bertz CT molecular complexity index is 802. The monoisotopic (exact) mass is 354 g/mol. The second kappa shape index (κ2) is 6.94. The molecule has 3 rings (SSSR count). The number of imidazole rings is 1. The molecule has 2 amide bonds. The van der Waals surface area contributed by atoms with E-state index in [2.05, 4.69) is 10.3 Å². The molecule has 1 fully saturated rings. The molecule has 26 heavy (non-hydrogen) atoms. The molecule has 1 unspecified atom stereocenters. The van der Waals surface area contributed by atoms with Crippen molar-refractivity contribution in [3.8, 4) is 5.69 Å². The average molecular weight is 354 g/mol. The molecule has 2 heterocycles. The van der Waals surface area contributed by atoms with Gasteiger partial charge in [-0.05, 0) is 44.0 Å². The van der Waals surface area contributed by atoms with Crippen LogP contribution in [0.25, 0.3) is 5.69 Å². The van der Waals surface area contributed by atoms with Crippen molar-refractivity contribution in [2.24, 2.45) is 5.41 Å². The van der Waals surface area contributed by atoms with E-state index < -0.39 is 11.5 Å². The van der Waals surface area contributed by atoms with Crippen molar-refractivity contribution >= 4 is 17.5 Å². The molecule has 1 aromatic heterocycles. The van der Waals surface area contributed by atoms with Gasteiger partial charge in [-0.3, -0.25) is 9.59 Å². The van der Waals surface area contributed by atoms with E-state index in [0.717, 1.165) is 23.6 Å². The predicted octanol–water partition coefficient (Wildman–Crippen LogP) is 3.16. The molecule has 1 aliphatic rings. The summed E-state index contributed by atoms with van der Waals surface area (Å²) in [5.74, 6) is 0.816. The number of nitrogens with one attached hydrogen (secondary N) is 1. The Morgan fingerprint density at radius 2 is 1.88 bits per heavy atom. The number of rotatable bonds is 3. The molecule has 1 N–H and O–H groups in total. The standard InChI is InChI=1S/C20H26N4O2/c1-14-21-11-13-23(14)16-9-7-15(8-10-16)22-18(25)17-6-5-12-24(17)19(26)20(2,3)4/h7-11,13,17H,5-6,12H2,1-4H3,(H,22,25). The minimum absolute atomic E-state index is 0.0288. The molecular weight excluding hydrogens is 328 g/mol. The normalized spacial score (nSPS) is 17.4. The van der Waals surface area contributed by atoms with E-state index in [1.807, 2.05) is 62.7 Å². The molecule has 2 aromatic rings. The van der Waals surface area contributed by atoms with E-state index in [0.29, 0.717) is 13.0 Å². The SMILES string of the molecule is Cc1nccn1-c1ccc(NC(=O)C2CCCN2C(=O)C(C)(C)C)cc1. The zero-order valence-electron chi connectivity index (χ0n) is 15.8. The lowest BCUT2D eigenvalue weighted by Gasteiger charge is -2.30. The highest BCUT2D eigenvalue weighted by molar-refractivity contribution is 5.98. The molecule has 138 valence electrons. The van der Waals surface area contributed by atoms with Crippen LogP contribution in [0.3, 0.4) is 0 Å². The van der Waals surface area contributed by atoms with Gasteiger partial charge in [-0.25, -0.2) is 4.98 Å². The summed E-state index contributed by atoms with van der Waals surface area (Å²) in [5, 5.41) is 2.95. The van der Waals surface area contributed by atoms with Crippen molar-refractivity contribution in [3.63, 3.8) is 0 Å². The number of hydrogen-bond donors (Lipinski definition) is 1. The first-order chi connectivity index (χ1) is 12.3. The maximum atomic E-state index is 12.7. The number of aromatic nitrogens is 2. The van der Waals surface area contributed by atoms with Gasteiger partial charge in [0.1, 0.15) is 11.9 Å². The van der Waals surface area contributed by atoms with Crippen molar-refractivity contribution in [3.05, 3.63) is 42.5 Å². The van der Waals surface area contributed by atoms with E-state index in [4.69, 9.17) is 0 Å². The number of nitrogens with zero attached hydrogens (tertiary/aromatic N) is 3. The van der Waals surface area contributed by atoms with Gasteiger partial charge in [-0.1, -0.05) is 20.8 Å². The van der Waals surface area contributed by atoms with Crippen LogP contribution in [-0.4, -0.2) is 38.9 Å². The number of benzene rings is 1. The number of likely N-dealkylation sites (tertiary alicyclic amines) is 1. The molecule has 1 aliphatic heterocycles. The van der Waals surface area contributed by atoms with Crippen molar-refractivity contribution in [2.45, 2.75) is 46.6 Å². The third-order valence-corrected chi connectivity index (χ3v) is 4.70. The number of carbonyl (C=O) groups is 2. The maximum Gasteiger partial charge on any atom is 0.247 e. The molecule has 0 bridgehead atoms. The van der Waals surface area contributed by atoms with Gasteiger partial charge in [0.05, 0.1) is 0 Å². The fourth-order valence-corrected chi connectivity index (χ4v) is 3.29. The van der Waals surface area contributed by atoms with E-state index in [-0.39, 0.29) is 11.8 Å². The van der Waals surface area contributed by atoms with E-state index in [1.54, 1.807) is 11.1 Å². The van der Waals surface area contributed by atoms with Gasteiger partial charge in [0, 0.05) is 35.7 Å². The van der Waals surface area contributed by atoms with Gasteiger partial charge in [-0.2, -0.15) is 0 Å². The van der Waals surface area contributed by atoms with Crippen molar-refractivity contribution in [2.75, 3.05) is 11.9 Å². The molecule has 6 heteroatoms. The summed E-state index contributed by atoms with van der Waals surface area (Å²) >= 11 is 0. The quantitative estimate of drug-likeness (QED) is 0.921. The zero-order valence-corrected chi connectivity index (χ0v) is 15.8. The van der Waals surface area contributed by atoms with Crippen LogP contribution in [-0.2, 0) is 9.59 Å². The lowest BCUT2D eigenvalue weighted by Crippen LogP contribution is -2.47. The Hall–Kier alpha value is -2.63. The highest BCUT2D eigenvalue weighted by Gasteiger charge is 2.38. The molecule has 1 atom stereocenters. The molecule has 0 spiro atoms. The number of aryl methyl sites for hydroxylation is 1. The molecular formula is C20H26N4O2. The van der Waals surface area contributed by atoms with Gasteiger partial charge in [0.15, 0.2) is 0 Å². The summed E-state index contributed by atoms with van der Waals surface area (Å²) in [4.78, 5) is 31.2. The number of hydrogen-bond acceptors (Lipinski definition) is 3. The first kappa shape index (κ1) is 18.2. The van der Waals surface area contributed by atoms with Gasteiger partial charge < -0.3 is 14.8 Å². The molecule has 1 saturated heterocycles. The summed E-state index contributed by atoms with van der Waals surface area (Å²) in [6.45, 7) is 8.25. The maximum absolute atomic E-state index is 12.7. The first-order valence-corrected chi connectivity index (χ1v) is 9.00. The molecule has 0 radical (unpaired) electrons. The van der Waals surface area contributed by atoms with Crippen molar-refractivity contribution in [1.82, 2.24) is 14.5 Å². The summed E-state index contributed by atoms with van der Waals surface area (Å²) < 4.78 is 1.98. The minimum atomic E-state index is -0.479. The summed E-state index contributed by atoms with van der Waals surface area (Å²) in [7, 11) is 0. The highest BCUT2D eigenvalue weighted by Crippen LogP contribution is 2.26. The Morgan fingerprint density at radius 3 is 2.46 bits per heavy atom. The van der Waals surface area contributed by atoms with Crippen LogP contribution in [0.4, 0.5) is 5.69 Å². The minimum Gasteiger partial charge on any atom is -0.330 e. The number of amides is 2. The second-order valence-electron chi connectivity index (χ2n) is 7.79.